The first-order chi connectivity index (χ1) is 8.73. The third kappa shape index (κ3) is 1.76. The van der Waals surface area contributed by atoms with Crippen molar-refractivity contribution in [3.05, 3.63) is 12.2 Å². The van der Waals surface area contributed by atoms with Crippen molar-refractivity contribution in [1.82, 2.24) is 0 Å². The molecule has 6 atom stereocenters. The van der Waals surface area contributed by atoms with Crippen LogP contribution in [-0.2, 0) is 0 Å². The van der Waals surface area contributed by atoms with E-state index in [4.69, 9.17) is 0 Å². The van der Waals surface area contributed by atoms with Crippen molar-refractivity contribution in [3.63, 3.8) is 0 Å². The van der Waals surface area contributed by atoms with Crippen LogP contribution >= 0.6 is 0 Å². The number of hydrogen-bond acceptors (Lipinski definition) is 0. The largest absolute Gasteiger partial charge is 0.453 e. The maximum absolute atomic E-state index is 13.6. The molecule has 3 aliphatic rings. The Bertz CT molecular complexity index is 397. The molecule has 3 aliphatic carbocycles. The zero-order valence-corrected chi connectivity index (χ0v) is 10.6. The predicted molar refractivity (Wildman–Crippen MR) is 60.6 cm³/mol. The molecule has 3 rings (SSSR count). The topological polar surface area (TPSA) is 0 Å². The molecule has 2 fully saturated rings. The maximum Gasteiger partial charge on any atom is 0.453 e. The van der Waals surface area contributed by atoms with Crippen LogP contribution in [-0.4, -0.2) is 12.1 Å². The van der Waals surface area contributed by atoms with Crippen molar-refractivity contribution in [1.29, 1.82) is 0 Å². The normalized spacial score (nSPS) is 45.6. The van der Waals surface area contributed by atoms with Crippen LogP contribution in [0.15, 0.2) is 12.2 Å². The molecule has 0 aromatic heterocycles. The van der Waals surface area contributed by atoms with Gasteiger partial charge in [-0.25, -0.2) is 0 Å². The molecular weight excluding hydrogens is 263 g/mol. The van der Waals surface area contributed by atoms with Crippen LogP contribution in [0.4, 0.5) is 22.0 Å². The van der Waals surface area contributed by atoms with E-state index in [0.29, 0.717) is 12.3 Å². The Hall–Kier alpha value is -0.610. The van der Waals surface area contributed by atoms with Gasteiger partial charge in [-0.05, 0) is 48.9 Å². The smallest absolute Gasteiger partial charge is 0.196 e. The molecule has 0 aromatic rings. The van der Waals surface area contributed by atoms with Crippen LogP contribution in [0.25, 0.3) is 0 Å². The SMILES string of the molecule is C[C@H]1C=CCC2C3CC(C21)C(C(F)(F)C(F)(F)F)C3. The van der Waals surface area contributed by atoms with Gasteiger partial charge < -0.3 is 0 Å². The summed E-state index contributed by atoms with van der Waals surface area (Å²) in [5, 5.41) is 0. The Balaban J connectivity index is 1.88. The van der Waals surface area contributed by atoms with Crippen molar-refractivity contribution in [3.8, 4) is 0 Å². The first-order valence-electron chi connectivity index (χ1n) is 6.84. The van der Waals surface area contributed by atoms with Gasteiger partial charge in [-0.1, -0.05) is 19.1 Å². The van der Waals surface area contributed by atoms with Gasteiger partial charge in [-0.3, -0.25) is 0 Å². The molecule has 0 N–H and O–H groups in total. The highest BCUT2D eigenvalue weighted by atomic mass is 19.4. The highest BCUT2D eigenvalue weighted by Gasteiger charge is 2.69. The average molecular weight is 280 g/mol. The Labute approximate surface area is 109 Å². The second kappa shape index (κ2) is 3.95. The van der Waals surface area contributed by atoms with Crippen molar-refractivity contribution in [2.75, 3.05) is 0 Å². The summed E-state index contributed by atoms with van der Waals surface area (Å²) >= 11 is 0. The lowest BCUT2D eigenvalue weighted by Crippen LogP contribution is -2.49. The monoisotopic (exact) mass is 280 g/mol. The minimum absolute atomic E-state index is 0.0157. The van der Waals surface area contributed by atoms with Gasteiger partial charge in [0.25, 0.3) is 0 Å². The van der Waals surface area contributed by atoms with E-state index >= 15 is 0 Å². The van der Waals surface area contributed by atoms with E-state index in [1.165, 1.54) is 0 Å². The van der Waals surface area contributed by atoms with E-state index in [2.05, 4.69) is 6.08 Å². The Morgan fingerprint density at radius 2 is 1.68 bits per heavy atom. The number of fused-ring (bicyclic) bond motifs is 5. The highest BCUT2D eigenvalue weighted by molar-refractivity contribution is 5.12. The third-order valence-corrected chi connectivity index (χ3v) is 5.54. The zero-order chi connectivity index (χ0) is 14.0. The number of halogens is 5. The van der Waals surface area contributed by atoms with Crippen LogP contribution in [0.5, 0.6) is 0 Å². The molecule has 0 aromatic carbocycles. The summed E-state index contributed by atoms with van der Waals surface area (Å²) in [6.07, 6.45) is 0.0660. The summed E-state index contributed by atoms with van der Waals surface area (Å²) in [6.45, 7) is 1.94. The second-order valence-electron chi connectivity index (χ2n) is 6.39. The number of hydrogen-bond donors (Lipinski definition) is 0. The van der Waals surface area contributed by atoms with Crippen molar-refractivity contribution >= 4 is 0 Å². The first-order valence-corrected chi connectivity index (χ1v) is 6.84. The van der Waals surface area contributed by atoms with E-state index < -0.39 is 23.9 Å². The quantitative estimate of drug-likeness (QED) is 0.483. The van der Waals surface area contributed by atoms with E-state index in [1.54, 1.807) is 0 Å². The molecule has 5 unspecified atom stereocenters. The van der Waals surface area contributed by atoms with E-state index in [9.17, 15) is 22.0 Å². The van der Waals surface area contributed by atoms with E-state index in [1.807, 2.05) is 13.0 Å². The highest BCUT2D eigenvalue weighted by Crippen LogP contribution is 2.64. The van der Waals surface area contributed by atoms with Gasteiger partial charge in [0.05, 0.1) is 0 Å². The number of alkyl halides is 5. The molecular formula is C14H17F5. The predicted octanol–water partition coefficient (Wildman–Crippen LogP) is 4.67. The van der Waals surface area contributed by atoms with Gasteiger partial charge in [0.1, 0.15) is 0 Å². The van der Waals surface area contributed by atoms with E-state index in [0.717, 1.165) is 6.42 Å². The van der Waals surface area contributed by atoms with Crippen LogP contribution < -0.4 is 0 Å². The lowest BCUT2D eigenvalue weighted by molar-refractivity contribution is -0.310. The van der Waals surface area contributed by atoms with Crippen molar-refractivity contribution in [2.45, 2.75) is 38.3 Å². The lowest BCUT2D eigenvalue weighted by Gasteiger charge is -2.42. The standard InChI is InChI=1S/C14H17F5/c1-7-3-2-4-9-8-5-10(12(7)9)11(6-8)13(15,16)14(17,18)19/h2-3,7-12H,4-6H2,1H3/t7-,8?,9?,10?,11?,12?/m0/s1. The molecule has 2 saturated carbocycles. The average Bonchev–Trinajstić information content (AvgIpc) is 2.86. The van der Waals surface area contributed by atoms with Gasteiger partial charge >= 0.3 is 12.1 Å². The second-order valence-corrected chi connectivity index (χ2v) is 6.39. The van der Waals surface area contributed by atoms with Crippen LogP contribution in [0.3, 0.4) is 0 Å². The summed E-state index contributed by atoms with van der Waals surface area (Å²) in [7, 11) is 0. The molecule has 0 radical (unpaired) electrons. The summed E-state index contributed by atoms with van der Waals surface area (Å²) in [4.78, 5) is 0. The summed E-state index contributed by atoms with van der Waals surface area (Å²) in [6, 6.07) is 0. The Morgan fingerprint density at radius 1 is 1.00 bits per heavy atom. The molecule has 108 valence electrons. The summed E-state index contributed by atoms with van der Waals surface area (Å²) < 4.78 is 65.0. The lowest BCUT2D eigenvalue weighted by atomic mass is 9.64. The minimum Gasteiger partial charge on any atom is -0.196 e. The van der Waals surface area contributed by atoms with Crippen molar-refractivity contribution in [2.24, 2.45) is 35.5 Å². The van der Waals surface area contributed by atoms with Gasteiger partial charge in [-0.2, -0.15) is 22.0 Å². The molecule has 19 heavy (non-hydrogen) atoms. The molecule has 0 aliphatic heterocycles. The fourth-order valence-electron chi connectivity index (χ4n) is 4.85. The van der Waals surface area contributed by atoms with Crippen LogP contribution in [0.1, 0.15) is 26.2 Å². The number of rotatable bonds is 1. The maximum atomic E-state index is 13.6. The fraction of sp³-hybridized carbons (Fsp3) is 0.857. The van der Waals surface area contributed by atoms with E-state index in [-0.39, 0.29) is 24.2 Å². The van der Waals surface area contributed by atoms with Crippen LogP contribution in [0.2, 0.25) is 0 Å². The molecule has 2 bridgehead atoms. The first kappa shape index (κ1) is 13.4. The van der Waals surface area contributed by atoms with Gasteiger partial charge in [0, 0.05) is 5.92 Å². The summed E-state index contributed by atoms with van der Waals surface area (Å²) in [5.41, 5.74) is 0. The van der Waals surface area contributed by atoms with Gasteiger partial charge in [0.15, 0.2) is 0 Å². The molecule has 0 amide bonds. The van der Waals surface area contributed by atoms with Crippen molar-refractivity contribution < 1.29 is 22.0 Å². The summed E-state index contributed by atoms with van der Waals surface area (Å²) in [5.74, 6) is -5.98. The molecule has 5 heteroatoms. The zero-order valence-electron chi connectivity index (χ0n) is 10.6. The molecule has 0 saturated heterocycles. The van der Waals surface area contributed by atoms with Gasteiger partial charge in [-0.15, -0.1) is 0 Å². The van der Waals surface area contributed by atoms with Gasteiger partial charge in [0.2, 0.25) is 0 Å². The molecule has 0 nitrogen and oxygen atoms in total. The van der Waals surface area contributed by atoms with Crippen LogP contribution in [0, 0.1) is 35.5 Å². The Kier molecular flexibility index (Phi) is 2.78. The number of allylic oxidation sites excluding steroid dienone is 2. The fourth-order valence-corrected chi connectivity index (χ4v) is 4.85. The molecule has 0 heterocycles. The molecule has 0 spiro atoms. The minimum atomic E-state index is -5.41. The Morgan fingerprint density at radius 3 is 2.32 bits per heavy atom. The third-order valence-electron chi connectivity index (χ3n) is 5.54.